The first-order chi connectivity index (χ1) is 13.7. The third-order valence-electron chi connectivity index (χ3n) is 4.69. The van der Waals surface area contributed by atoms with E-state index in [0.29, 0.717) is 30.0 Å². The van der Waals surface area contributed by atoms with E-state index in [1.165, 1.54) is 6.07 Å². The van der Waals surface area contributed by atoms with Gasteiger partial charge in [-0.2, -0.15) is 0 Å². The van der Waals surface area contributed by atoms with Crippen LogP contribution in [0.1, 0.15) is 44.7 Å². The molecule has 1 aliphatic heterocycles. The maximum Gasteiger partial charge on any atom is 0.223 e. The Morgan fingerprint density at radius 1 is 1.21 bits per heavy atom. The maximum absolute atomic E-state index is 14.2. The minimum absolute atomic E-state index is 0.0238. The quantitative estimate of drug-likeness (QED) is 0.629. The van der Waals surface area contributed by atoms with Gasteiger partial charge in [0.05, 0.1) is 12.3 Å². The van der Waals surface area contributed by atoms with Crippen LogP contribution in [0, 0.1) is 11.2 Å². The molecule has 0 unspecified atom stereocenters. The summed E-state index contributed by atoms with van der Waals surface area (Å²) in [5.74, 6) is -0.337. The fourth-order valence-corrected chi connectivity index (χ4v) is 3.36. The third kappa shape index (κ3) is 6.04. The molecule has 0 N–H and O–H groups in total. The zero-order valence-electron chi connectivity index (χ0n) is 17.0. The minimum Gasteiger partial charge on any atom is -0.390 e. The summed E-state index contributed by atoms with van der Waals surface area (Å²) < 4.78 is 14.2. The normalized spacial score (nSPS) is 16.3. The van der Waals surface area contributed by atoms with Crippen molar-refractivity contribution < 1.29 is 14.0 Å². The van der Waals surface area contributed by atoms with Crippen molar-refractivity contribution in [3.8, 4) is 0 Å². The van der Waals surface area contributed by atoms with E-state index in [-0.39, 0.29) is 29.8 Å². The smallest absolute Gasteiger partial charge is 0.223 e. The summed E-state index contributed by atoms with van der Waals surface area (Å²) in [5, 5.41) is 4.85. The van der Waals surface area contributed by atoms with E-state index < -0.39 is 0 Å². The third-order valence-corrected chi connectivity index (χ3v) is 4.94. The molecule has 1 heterocycles. The molecule has 0 saturated heterocycles. The van der Waals surface area contributed by atoms with Crippen LogP contribution in [0.2, 0.25) is 5.02 Å². The lowest BCUT2D eigenvalue weighted by Crippen LogP contribution is -2.39. The molecular formula is C23H26ClFN2O2. The van der Waals surface area contributed by atoms with Crippen molar-refractivity contribution in [1.82, 2.24) is 4.90 Å². The summed E-state index contributed by atoms with van der Waals surface area (Å²) in [6, 6.07) is 14.0. The zero-order chi connectivity index (χ0) is 21.0. The molecule has 0 saturated carbocycles. The van der Waals surface area contributed by atoms with Gasteiger partial charge in [-0.25, -0.2) is 4.39 Å². The molecule has 3 rings (SSSR count). The topological polar surface area (TPSA) is 41.9 Å². The van der Waals surface area contributed by atoms with Gasteiger partial charge in [0.15, 0.2) is 6.10 Å². The molecule has 4 nitrogen and oxygen atoms in total. The number of halogens is 2. The minimum atomic E-state index is -0.313. The second-order valence-electron chi connectivity index (χ2n) is 8.58. The average molecular weight is 417 g/mol. The van der Waals surface area contributed by atoms with Crippen LogP contribution in [0.4, 0.5) is 4.39 Å². The predicted octanol–water partition coefficient (Wildman–Crippen LogP) is 5.44. The highest BCUT2D eigenvalue weighted by atomic mass is 35.5. The lowest BCUT2D eigenvalue weighted by molar-refractivity contribution is -0.135. The van der Waals surface area contributed by atoms with E-state index in [1.807, 2.05) is 45.0 Å². The number of oxime groups is 1. The molecular weight excluding hydrogens is 391 g/mol. The molecule has 1 aliphatic rings. The molecule has 0 bridgehead atoms. The lowest BCUT2D eigenvalue weighted by Gasteiger charge is -2.28. The van der Waals surface area contributed by atoms with Crippen molar-refractivity contribution in [1.29, 1.82) is 0 Å². The van der Waals surface area contributed by atoms with E-state index in [9.17, 15) is 9.18 Å². The van der Waals surface area contributed by atoms with Gasteiger partial charge in [-0.05, 0) is 29.2 Å². The first-order valence-electron chi connectivity index (χ1n) is 9.71. The van der Waals surface area contributed by atoms with Gasteiger partial charge in [-0.15, -0.1) is 0 Å². The van der Waals surface area contributed by atoms with Crippen molar-refractivity contribution in [2.75, 3.05) is 6.54 Å². The number of nitrogens with zero attached hydrogens (tertiary/aromatic N) is 2. The zero-order valence-corrected chi connectivity index (χ0v) is 17.7. The molecule has 2 aromatic carbocycles. The van der Waals surface area contributed by atoms with E-state index in [2.05, 4.69) is 5.16 Å². The van der Waals surface area contributed by atoms with Gasteiger partial charge in [0.25, 0.3) is 0 Å². The predicted molar refractivity (Wildman–Crippen MR) is 113 cm³/mol. The Bertz CT molecular complexity index is 890. The second-order valence-corrected chi connectivity index (χ2v) is 9.02. The van der Waals surface area contributed by atoms with Gasteiger partial charge in [0, 0.05) is 30.0 Å². The largest absolute Gasteiger partial charge is 0.390 e. The van der Waals surface area contributed by atoms with Crippen LogP contribution in [0.5, 0.6) is 0 Å². The van der Waals surface area contributed by atoms with Crippen LogP contribution in [-0.2, 0) is 16.2 Å². The number of hydrogen-bond acceptors (Lipinski definition) is 3. The Morgan fingerprint density at radius 3 is 2.55 bits per heavy atom. The van der Waals surface area contributed by atoms with E-state index in [0.717, 1.165) is 11.3 Å². The Balaban J connectivity index is 1.71. The molecule has 154 valence electrons. The first-order valence-corrected chi connectivity index (χ1v) is 10.1. The Kier molecular flexibility index (Phi) is 6.58. The summed E-state index contributed by atoms with van der Waals surface area (Å²) in [6.45, 7) is 6.60. The summed E-state index contributed by atoms with van der Waals surface area (Å²) in [6.07, 6.45) is 0.688. The fraction of sp³-hybridized carbons (Fsp3) is 0.391. The van der Waals surface area contributed by atoms with Crippen molar-refractivity contribution in [2.24, 2.45) is 10.6 Å². The Morgan fingerprint density at radius 2 is 1.90 bits per heavy atom. The molecule has 1 amide bonds. The molecule has 0 fully saturated rings. The van der Waals surface area contributed by atoms with Crippen LogP contribution >= 0.6 is 11.6 Å². The summed E-state index contributed by atoms with van der Waals surface area (Å²) >= 11 is 5.95. The first kappa shape index (κ1) is 21.3. The molecule has 1 atom stereocenters. The van der Waals surface area contributed by atoms with E-state index >= 15 is 0 Å². The number of carbonyl (C=O) groups is 1. The summed E-state index contributed by atoms with van der Waals surface area (Å²) in [4.78, 5) is 20.2. The number of amides is 1. The lowest BCUT2D eigenvalue weighted by atomic mass is 9.91. The van der Waals surface area contributed by atoms with Gasteiger partial charge >= 0.3 is 0 Å². The SMILES string of the molecule is CC(C)(C)CC(=O)N(Cc1ccccc1F)C[C@H]1CC(c2ccc(Cl)cc2)=NO1. The summed E-state index contributed by atoms with van der Waals surface area (Å²) in [7, 11) is 0. The van der Waals surface area contributed by atoms with Crippen LogP contribution in [0.25, 0.3) is 0 Å². The maximum atomic E-state index is 14.2. The van der Waals surface area contributed by atoms with Crippen LogP contribution in [0.3, 0.4) is 0 Å². The van der Waals surface area contributed by atoms with Gasteiger partial charge < -0.3 is 9.74 Å². The van der Waals surface area contributed by atoms with Gasteiger partial charge in [0.2, 0.25) is 5.91 Å². The molecule has 0 aromatic heterocycles. The monoisotopic (exact) mass is 416 g/mol. The molecule has 0 aliphatic carbocycles. The van der Waals surface area contributed by atoms with Crippen molar-refractivity contribution >= 4 is 23.2 Å². The number of rotatable bonds is 6. The number of carbonyl (C=O) groups excluding carboxylic acids is 1. The highest BCUT2D eigenvalue weighted by Crippen LogP contribution is 2.24. The molecule has 0 spiro atoms. The second kappa shape index (κ2) is 8.95. The fourth-order valence-electron chi connectivity index (χ4n) is 3.24. The van der Waals surface area contributed by atoms with Crippen molar-refractivity contribution in [3.63, 3.8) is 0 Å². The molecule has 0 radical (unpaired) electrons. The van der Waals surface area contributed by atoms with Gasteiger partial charge in [-0.3, -0.25) is 4.79 Å². The van der Waals surface area contributed by atoms with Crippen molar-refractivity contribution in [3.05, 3.63) is 70.5 Å². The van der Waals surface area contributed by atoms with Crippen LogP contribution in [0.15, 0.2) is 53.7 Å². The van der Waals surface area contributed by atoms with Crippen LogP contribution in [-0.4, -0.2) is 29.2 Å². The van der Waals surface area contributed by atoms with Crippen LogP contribution < -0.4 is 0 Å². The van der Waals surface area contributed by atoms with Gasteiger partial charge in [-0.1, -0.05) is 67.9 Å². The molecule has 2 aromatic rings. The Labute approximate surface area is 176 Å². The average Bonchev–Trinajstić information content (AvgIpc) is 3.10. The molecule has 6 heteroatoms. The van der Waals surface area contributed by atoms with E-state index in [1.54, 1.807) is 23.1 Å². The summed E-state index contributed by atoms with van der Waals surface area (Å²) in [5.41, 5.74) is 2.09. The van der Waals surface area contributed by atoms with Gasteiger partial charge in [0.1, 0.15) is 5.82 Å². The standard InChI is InChI=1S/C23H26ClFN2O2/c1-23(2,3)13-22(28)27(14-17-6-4-5-7-20(17)25)15-19-12-21(26-29-19)16-8-10-18(24)11-9-16/h4-11,19H,12-15H2,1-3H3/t19-/m1/s1. The molecule has 29 heavy (non-hydrogen) atoms. The highest BCUT2D eigenvalue weighted by molar-refractivity contribution is 6.30. The highest BCUT2D eigenvalue weighted by Gasteiger charge is 2.29. The number of hydrogen-bond donors (Lipinski definition) is 0. The van der Waals surface area contributed by atoms with E-state index in [4.69, 9.17) is 16.4 Å². The van der Waals surface area contributed by atoms with Crippen molar-refractivity contribution in [2.45, 2.75) is 46.3 Å². The number of benzene rings is 2. The Hall–Kier alpha value is -2.40.